The summed E-state index contributed by atoms with van der Waals surface area (Å²) in [6.07, 6.45) is 5.53. The molecule has 0 bridgehead atoms. The zero-order chi connectivity index (χ0) is 13.2. The van der Waals surface area contributed by atoms with E-state index in [4.69, 9.17) is 0 Å². The maximum atomic E-state index is 4.42. The van der Waals surface area contributed by atoms with Crippen molar-refractivity contribution in [1.29, 1.82) is 0 Å². The highest BCUT2D eigenvalue weighted by molar-refractivity contribution is 9.10. The van der Waals surface area contributed by atoms with Gasteiger partial charge in [0.2, 0.25) is 0 Å². The van der Waals surface area contributed by atoms with Gasteiger partial charge in [0, 0.05) is 29.6 Å². The molecule has 0 aliphatic carbocycles. The van der Waals surface area contributed by atoms with Crippen LogP contribution in [0, 0.1) is 0 Å². The summed E-state index contributed by atoms with van der Waals surface area (Å²) in [5.74, 6) is 0.763. The van der Waals surface area contributed by atoms with Crippen LogP contribution < -0.4 is 5.32 Å². The molecule has 1 aromatic carbocycles. The quantitative estimate of drug-likeness (QED) is 0.748. The molecule has 3 aromatic rings. The molecule has 0 aliphatic rings. The summed E-state index contributed by atoms with van der Waals surface area (Å²) in [6.45, 7) is 0.700. The van der Waals surface area contributed by atoms with Gasteiger partial charge in [-0.05, 0) is 33.6 Å². The lowest BCUT2D eigenvalue weighted by molar-refractivity contribution is 1.05. The van der Waals surface area contributed by atoms with Crippen molar-refractivity contribution in [2.24, 2.45) is 0 Å². The third-order valence-corrected chi connectivity index (χ3v) is 3.57. The van der Waals surface area contributed by atoms with Gasteiger partial charge in [0.25, 0.3) is 0 Å². The molecular weight excluding hydrogens is 372 g/mol. The number of fused-ring (bicyclic) bond motifs is 1. The van der Waals surface area contributed by atoms with E-state index < -0.39 is 0 Å². The smallest absolute Gasteiger partial charge is 0.180 e. The van der Waals surface area contributed by atoms with E-state index in [0.717, 1.165) is 20.5 Å². The minimum Gasteiger partial charge on any atom is -0.363 e. The zero-order valence-electron chi connectivity index (χ0n) is 9.85. The van der Waals surface area contributed by atoms with Crippen molar-refractivity contribution in [2.45, 2.75) is 6.54 Å². The van der Waals surface area contributed by atoms with E-state index in [1.165, 1.54) is 5.56 Å². The van der Waals surface area contributed by atoms with Gasteiger partial charge >= 0.3 is 0 Å². The Morgan fingerprint density at radius 3 is 3.00 bits per heavy atom. The standard InChI is InChI=1S/C13H10Br2N4/c14-10-3-1-2-9(6-10)7-17-12-13-16-4-5-19(13)8-11(15)18-12/h1-6,8H,7H2,(H,17,18). The van der Waals surface area contributed by atoms with Crippen LogP contribution in [0.5, 0.6) is 0 Å². The lowest BCUT2D eigenvalue weighted by Gasteiger charge is -2.08. The first-order chi connectivity index (χ1) is 9.22. The number of nitrogens with zero attached hydrogens (tertiary/aromatic N) is 3. The number of hydrogen-bond donors (Lipinski definition) is 1. The first-order valence-corrected chi connectivity index (χ1v) is 7.28. The minimum absolute atomic E-state index is 0.700. The average Bonchev–Trinajstić information content (AvgIpc) is 2.84. The van der Waals surface area contributed by atoms with Crippen LogP contribution in [0.4, 0.5) is 5.82 Å². The highest BCUT2D eigenvalue weighted by atomic mass is 79.9. The molecule has 2 heterocycles. The number of aromatic nitrogens is 3. The summed E-state index contributed by atoms with van der Waals surface area (Å²) in [4.78, 5) is 8.72. The molecule has 0 atom stereocenters. The summed E-state index contributed by atoms with van der Waals surface area (Å²) in [5.41, 5.74) is 2.00. The Morgan fingerprint density at radius 1 is 1.26 bits per heavy atom. The summed E-state index contributed by atoms with van der Waals surface area (Å²) in [7, 11) is 0. The summed E-state index contributed by atoms with van der Waals surface area (Å²) in [6, 6.07) is 8.17. The van der Waals surface area contributed by atoms with Gasteiger partial charge < -0.3 is 9.72 Å². The molecule has 2 aromatic heterocycles. The number of imidazole rings is 1. The minimum atomic E-state index is 0.700. The fourth-order valence-corrected chi connectivity index (χ4v) is 2.70. The first kappa shape index (κ1) is 12.6. The fraction of sp³-hybridized carbons (Fsp3) is 0.0769. The van der Waals surface area contributed by atoms with Crippen LogP contribution in [-0.2, 0) is 6.54 Å². The number of hydrogen-bond acceptors (Lipinski definition) is 3. The predicted octanol–water partition coefficient (Wildman–Crippen LogP) is 3.87. The SMILES string of the molecule is Brc1cccc(CNc2nc(Br)cn3ccnc23)c1. The predicted molar refractivity (Wildman–Crippen MR) is 82.2 cm³/mol. The largest absolute Gasteiger partial charge is 0.363 e. The van der Waals surface area contributed by atoms with Crippen molar-refractivity contribution in [1.82, 2.24) is 14.4 Å². The van der Waals surface area contributed by atoms with Gasteiger partial charge in [0.1, 0.15) is 4.60 Å². The molecule has 0 amide bonds. The number of nitrogens with one attached hydrogen (secondary N) is 1. The lowest BCUT2D eigenvalue weighted by atomic mass is 10.2. The van der Waals surface area contributed by atoms with Gasteiger partial charge in [-0.1, -0.05) is 28.1 Å². The van der Waals surface area contributed by atoms with Crippen LogP contribution in [0.1, 0.15) is 5.56 Å². The van der Waals surface area contributed by atoms with Crippen molar-refractivity contribution >= 4 is 43.3 Å². The van der Waals surface area contributed by atoms with Gasteiger partial charge in [-0.2, -0.15) is 0 Å². The average molecular weight is 382 g/mol. The Balaban J connectivity index is 1.87. The second kappa shape index (κ2) is 5.30. The molecule has 6 heteroatoms. The number of anilines is 1. The van der Waals surface area contributed by atoms with Crippen LogP contribution in [0.2, 0.25) is 0 Å². The monoisotopic (exact) mass is 380 g/mol. The number of halogens is 2. The van der Waals surface area contributed by atoms with Crippen LogP contribution in [0.25, 0.3) is 5.65 Å². The van der Waals surface area contributed by atoms with Crippen molar-refractivity contribution in [3.8, 4) is 0 Å². The molecule has 0 aliphatic heterocycles. The van der Waals surface area contributed by atoms with E-state index in [1.807, 2.05) is 28.9 Å². The Kier molecular flexibility index (Phi) is 3.52. The van der Waals surface area contributed by atoms with Crippen molar-refractivity contribution < 1.29 is 0 Å². The molecule has 1 N–H and O–H groups in total. The molecule has 0 saturated heterocycles. The molecule has 19 heavy (non-hydrogen) atoms. The van der Waals surface area contributed by atoms with E-state index in [-0.39, 0.29) is 0 Å². The molecular formula is C13H10Br2N4. The molecule has 3 rings (SSSR count). The van der Waals surface area contributed by atoms with Gasteiger partial charge in [-0.3, -0.25) is 0 Å². The van der Waals surface area contributed by atoms with Crippen LogP contribution >= 0.6 is 31.9 Å². The Bertz CT molecular complexity index is 723. The van der Waals surface area contributed by atoms with E-state index >= 15 is 0 Å². The van der Waals surface area contributed by atoms with Crippen LogP contribution in [0.15, 0.2) is 51.9 Å². The second-order valence-corrected chi connectivity index (χ2v) is 5.78. The Morgan fingerprint density at radius 2 is 2.16 bits per heavy atom. The van der Waals surface area contributed by atoms with Crippen molar-refractivity contribution in [2.75, 3.05) is 5.32 Å². The van der Waals surface area contributed by atoms with Crippen molar-refractivity contribution in [3.63, 3.8) is 0 Å². The summed E-state index contributed by atoms with van der Waals surface area (Å²) >= 11 is 6.86. The van der Waals surface area contributed by atoms with Gasteiger partial charge in [-0.25, -0.2) is 9.97 Å². The maximum Gasteiger partial charge on any atom is 0.180 e. The number of rotatable bonds is 3. The Labute approximate surface area is 127 Å². The molecule has 4 nitrogen and oxygen atoms in total. The maximum absolute atomic E-state index is 4.42. The van der Waals surface area contributed by atoms with E-state index in [9.17, 15) is 0 Å². The highest BCUT2D eigenvalue weighted by Gasteiger charge is 2.06. The Hall–Kier alpha value is -1.40. The summed E-state index contributed by atoms with van der Waals surface area (Å²) < 4.78 is 3.77. The summed E-state index contributed by atoms with van der Waals surface area (Å²) in [5, 5.41) is 3.31. The number of benzene rings is 1. The van der Waals surface area contributed by atoms with Gasteiger partial charge in [0.15, 0.2) is 11.5 Å². The molecule has 96 valence electrons. The van der Waals surface area contributed by atoms with Crippen LogP contribution in [0.3, 0.4) is 0 Å². The van der Waals surface area contributed by atoms with E-state index in [1.54, 1.807) is 6.20 Å². The normalized spacial score (nSPS) is 10.8. The first-order valence-electron chi connectivity index (χ1n) is 5.70. The second-order valence-electron chi connectivity index (χ2n) is 4.05. The third kappa shape index (κ3) is 2.79. The third-order valence-electron chi connectivity index (χ3n) is 2.69. The van der Waals surface area contributed by atoms with E-state index in [2.05, 4.69) is 59.3 Å². The highest BCUT2D eigenvalue weighted by Crippen LogP contribution is 2.18. The molecule has 0 spiro atoms. The van der Waals surface area contributed by atoms with E-state index in [0.29, 0.717) is 6.54 Å². The van der Waals surface area contributed by atoms with Crippen LogP contribution in [-0.4, -0.2) is 14.4 Å². The van der Waals surface area contributed by atoms with Crippen molar-refractivity contribution in [3.05, 3.63) is 57.5 Å². The van der Waals surface area contributed by atoms with Gasteiger partial charge in [0.05, 0.1) is 0 Å². The van der Waals surface area contributed by atoms with Gasteiger partial charge in [-0.15, -0.1) is 0 Å². The topological polar surface area (TPSA) is 42.2 Å². The molecule has 0 fully saturated rings. The molecule has 0 radical (unpaired) electrons. The zero-order valence-corrected chi connectivity index (χ0v) is 13.0. The molecule has 0 unspecified atom stereocenters. The molecule has 0 saturated carbocycles. The fourth-order valence-electron chi connectivity index (χ4n) is 1.85. The lowest BCUT2D eigenvalue weighted by Crippen LogP contribution is -2.04.